The number of nitrogens with zero attached hydrogens (tertiary/aromatic N) is 2. The maximum Gasteiger partial charge on any atom is 0.0672 e. The van der Waals surface area contributed by atoms with Crippen molar-refractivity contribution in [3.63, 3.8) is 0 Å². The summed E-state index contributed by atoms with van der Waals surface area (Å²) in [6.45, 7) is 13.0. The Bertz CT molecular complexity index is 344. The lowest BCUT2D eigenvalue weighted by Gasteiger charge is -2.05. The molecule has 0 aliphatic rings. The van der Waals surface area contributed by atoms with E-state index < -0.39 is 0 Å². The SMILES string of the molecule is C=C(C)COCCNCc1cnn(C(C)C)c1. The van der Waals surface area contributed by atoms with Crippen molar-refractivity contribution in [1.29, 1.82) is 0 Å². The maximum atomic E-state index is 5.39. The van der Waals surface area contributed by atoms with E-state index in [9.17, 15) is 0 Å². The van der Waals surface area contributed by atoms with E-state index >= 15 is 0 Å². The Morgan fingerprint density at radius 3 is 2.94 bits per heavy atom. The zero-order valence-electron chi connectivity index (χ0n) is 11.1. The zero-order valence-corrected chi connectivity index (χ0v) is 11.1. The van der Waals surface area contributed by atoms with Crippen LogP contribution < -0.4 is 5.32 Å². The zero-order chi connectivity index (χ0) is 12.7. The van der Waals surface area contributed by atoms with Crippen molar-refractivity contribution < 1.29 is 4.74 Å². The molecule has 0 fully saturated rings. The van der Waals surface area contributed by atoms with Gasteiger partial charge in [0, 0.05) is 30.9 Å². The van der Waals surface area contributed by atoms with Gasteiger partial charge >= 0.3 is 0 Å². The van der Waals surface area contributed by atoms with Gasteiger partial charge in [0.05, 0.1) is 19.4 Å². The van der Waals surface area contributed by atoms with Crippen molar-refractivity contribution in [3.8, 4) is 0 Å². The summed E-state index contributed by atoms with van der Waals surface area (Å²) in [5.41, 5.74) is 2.27. The van der Waals surface area contributed by atoms with Crippen molar-refractivity contribution in [2.45, 2.75) is 33.4 Å². The summed E-state index contributed by atoms with van der Waals surface area (Å²) in [6.07, 6.45) is 3.98. The summed E-state index contributed by atoms with van der Waals surface area (Å²) in [5.74, 6) is 0. The fourth-order valence-electron chi connectivity index (χ4n) is 1.37. The van der Waals surface area contributed by atoms with Gasteiger partial charge in [-0.05, 0) is 20.8 Å². The van der Waals surface area contributed by atoms with Crippen molar-refractivity contribution in [2.24, 2.45) is 0 Å². The summed E-state index contributed by atoms with van der Waals surface area (Å²) in [4.78, 5) is 0. The lowest BCUT2D eigenvalue weighted by Crippen LogP contribution is -2.19. The molecule has 0 unspecified atom stereocenters. The lowest BCUT2D eigenvalue weighted by molar-refractivity contribution is 0.158. The summed E-state index contributed by atoms with van der Waals surface area (Å²) in [5, 5.41) is 7.61. The molecule has 0 atom stereocenters. The van der Waals surface area contributed by atoms with E-state index in [1.165, 1.54) is 5.56 Å². The first-order chi connectivity index (χ1) is 8.09. The third-order valence-electron chi connectivity index (χ3n) is 2.28. The highest BCUT2D eigenvalue weighted by molar-refractivity contribution is 5.03. The molecule has 1 aromatic heterocycles. The minimum absolute atomic E-state index is 0.419. The van der Waals surface area contributed by atoms with Gasteiger partial charge in [-0.2, -0.15) is 5.10 Å². The van der Waals surface area contributed by atoms with Gasteiger partial charge < -0.3 is 10.1 Å². The Kier molecular flexibility index (Phi) is 5.94. The molecule has 0 radical (unpaired) electrons. The minimum Gasteiger partial charge on any atom is -0.376 e. The second-order valence-electron chi connectivity index (χ2n) is 4.61. The number of hydrogen-bond donors (Lipinski definition) is 1. The van der Waals surface area contributed by atoms with Crippen LogP contribution in [0.3, 0.4) is 0 Å². The van der Waals surface area contributed by atoms with E-state index in [-0.39, 0.29) is 0 Å². The van der Waals surface area contributed by atoms with Gasteiger partial charge in [-0.25, -0.2) is 0 Å². The van der Waals surface area contributed by atoms with Crippen LogP contribution in [0.15, 0.2) is 24.5 Å². The van der Waals surface area contributed by atoms with Crippen LogP contribution in [0.4, 0.5) is 0 Å². The molecule has 1 rings (SSSR count). The fraction of sp³-hybridized carbons (Fsp3) is 0.615. The highest BCUT2D eigenvalue weighted by Crippen LogP contribution is 2.04. The maximum absolute atomic E-state index is 5.39. The van der Waals surface area contributed by atoms with Crippen LogP contribution >= 0.6 is 0 Å². The van der Waals surface area contributed by atoms with Gasteiger partial charge in [-0.3, -0.25) is 4.68 Å². The molecule has 0 saturated carbocycles. The Morgan fingerprint density at radius 2 is 2.35 bits per heavy atom. The largest absolute Gasteiger partial charge is 0.376 e. The standard InChI is InChI=1S/C13H23N3O/c1-11(2)10-17-6-5-14-7-13-8-15-16(9-13)12(3)4/h8-9,12,14H,1,5-7,10H2,2-4H3. The molecule has 96 valence electrons. The van der Waals surface area contributed by atoms with E-state index in [0.29, 0.717) is 19.3 Å². The molecule has 1 aromatic rings. The van der Waals surface area contributed by atoms with Gasteiger partial charge in [0.25, 0.3) is 0 Å². The molecule has 0 saturated heterocycles. The number of rotatable bonds is 8. The number of nitrogens with one attached hydrogen (secondary N) is 1. The van der Waals surface area contributed by atoms with Crippen LogP contribution in [0, 0.1) is 0 Å². The minimum atomic E-state index is 0.419. The molecule has 0 aromatic carbocycles. The van der Waals surface area contributed by atoms with Crippen molar-refractivity contribution in [2.75, 3.05) is 19.8 Å². The van der Waals surface area contributed by atoms with Gasteiger partial charge in [-0.1, -0.05) is 12.2 Å². The second kappa shape index (κ2) is 7.25. The molecule has 1 N–H and O–H groups in total. The van der Waals surface area contributed by atoms with Crippen LogP contribution in [-0.4, -0.2) is 29.5 Å². The van der Waals surface area contributed by atoms with Crippen LogP contribution in [0.25, 0.3) is 0 Å². The first kappa shape index (κ1) is 13.9. The van der Waals surface area contributed by atoms with Crippen molar-refractivity contribution in [3.05, 3.63) is 30.1 Å². The molecule has 0 amide bonds. The Labute approximate surface area is 104 Å². The topological polar surface area (TPSA) is 39.1 Å². The Morgan fingerprint density at radius 1 is 1.59 bits per heavy atom. The number of aromatic nitrogens is 2. The molecule has 17 heavy (non-hydrogen) atoms. The molecule has 4 heteroatoms. The smallest absolute Gasteiger partial charge is 0.0672 e. The second-order valence-corrected chi connectivity index (χ2v) is 4.61. The van der Waals surface area contributed by atoms with E-state index in [1.54, 1.807) is 0 Å². The molecule has 4 nitrogen and oxygen atoms in total. The Hall–Kier alpha value is -1.13. The number of ether oxygens (including phenoxy) is 1. The first-order valence-corrected chi connectivity index (χ1v) is 6.05. The molecule has 0 aliphatic heterocycles. The van der Waals surface area contributed by atoms with Crippen molar-refractivity contribution in [1.82, 2.24) is 15.1 Å². The molecular weight excluding hydrogens is 214 g/mol. The normalized spacial score (nSPS) is 11.1. The Balaban J connectivity index is 2.11. The molecule has 1 heterocycles. The predicted octanol–water partition coefficient (Wildman–Crippen LogP) is 2.15. The van der Waals surface area contributed by atoms with Crippen LogP contribution in [0.1, 0.15) is 32.4 Å². The fourth-order valence-corrected chi connectivity index (χ4v) is 1.37. The summed E-state index contributed by atoms with van der Waals surface area (Å²) < 4.78 is 7.36. The molecular formula is C13H23N3O. The van der Waals surface area contributed by atoms with E-state index in [1.807, 2.05) is 17.8 Å². The van der Waals surface area contributed by atoms with E-state index in [4.69, 9.17) is 4.74 Å². The third kappa shape index (κ3) is 5.65. The van der Waals surface area contributed by atoms with Crippen LogP contribution in [-0.2, 0) is 11.3 Å². The first-order valence-electron chi connectivity index (χ1n) is 6.05. The van der Waals surface area contributed by atoms with Crippen LogP contribution in [0.2, 0.25) is 0 Å². The monoisotopic (exact) mass is 237 g/mol. The summed E-state index contributed by atoms with van der Waals surface area (Å²) >= 11 is 0. The highest BCUT2D eigenvalue weighted by Gasteiger charge is 2.00. The van der Waals surface area contributed by atoms with Gasteiger partial charge in [0.1, 0.15) is 0 Å². The van der Waals surface area contributed by atoms with Gasteiger partial charge in [-0.15, -0.1) is 0 Å². The van der Waals surface area contributed by atoms with Gasteiger partial charge in [0.2, 0.25) is 0 Å². The third-order valence-corrected chi connectivity index (χ3v) is 2.28. The predicted molar refractivity (Wildman–Crippen MR) is 70.0 cm³/mol. The average Bonchev–Trinajstić information content (AvgIpc) is 2.71. The lowest BCUT2D eigenvalue weighted by atomic mass is 10.3. The van der Waals surface area contributed by atoms with Crippen molar-refractivity contribution >= 4 is 0 Å². The average molecular weight is 237 g/mol. The summed E-state index contributed by atoms with van der Waals surface area (Å²) in [6, 6.07) is 0.419. The van der Waals surface area contributed by atoms with E-state index in [0.717, 1.165) is 18.7 Å². The molecule has 0 bridgehead atoms. The van der Waals surface area contributed by atoms with Gasteiger partial charge in [0.15, 0.2) is 0 Å². The van der Waals surface area contributed by atoms with E-state index in [2.05, 4.69) is 37.0 Å². The van der Waals surface area contributed by atoms with Crippen LogP contribution in [0.5, 0.6) is 0 Å². The quantitative estimate of drug-likeness (QED) is 0.556. The number of hydrogen-bond acceptors (Lipinski definition) is 3. The highest BCUT2D eigenvalue weighted by atomic mass is 16.5. The molecule has 0 spiro atoms. The molecule has 0 aliphatic carbocycles. The summed E-state index contributed by atoms with van der Waals surface area (Å²) in [7, 11) is 0.